The molecule has 0 aliphatic carbocycles. The molecule has 2 rings (SSSR count). The van der Waals surface area contributed by atoms with Crippen LogP contribution in [0.1, 0.15) is 11.1 Å². The molecule has 7 heteroatoms. The predicted octanol–water partition coefficient (Wildman–Crippen LogP) is 3.49. The van der Waals surface area contributed by atoms with Gasteiger partial charge in [0.25, 0.3) is 0 Å². The first kappa shape index (κ1) is 20.1. The van der Waals surface area contributed by atoms with E-state index in [-0.39, 0.29) is 19.0 Å². The Morgan fingerprint density at radius 3 is 2.68 bits per heavy atom. The Kier molecular flexibility index (Phi) is 8.64. The molecule has 4 nitrogen and oxygen atoms in total. The van der Waals surface area contributed by atoms with Crippen LogP contribution in [0, 0.1) is 5.82 Å². The Labute approximate surface area is 160 Å². The minimum absolute atomic E-state index is 0.0677. The number of aliphatic hydroxyl groups excluding tert-OH is 1. The number of ether oxygens (including phenoxy) is 1. The highest BCUT2D eigenvalue weighted by atomic mass is 79.9. The van der Waals surface area contributed by atoms with Gasteiger partial charge >= 0.3 is 0 Å². The molecule has 0 aliphatic heterocycles. The maximum atomic E-state index is 13.9. The second-order valence-corrected chi connectivity index (χ2v) is 6.71. The average Bonchev–Trinajstić information content (AvgIpc) is 2.59. The number of benzene rings is 2. The smallest absolute Gasteiger partial charge is 0.131 e. The molecule has 0 atom stereocenters. The molecule has 25 heavy (non-hydrogen) atoms. The normalized spacial score (nSPS) is 10.9. The van der Waals surface area contributed by atoms with E-state index in [1.165, 1.54) is 6.07 Å². The van der Waals surface area contributed by atoms with Crippen molar-refractivity contribution in [1.82, 2.24) is 10.6 Å². The minimum Gasteiger partial charge on any atom is -0.488 e. The molecule has 0 heterocycles. The van der Waals surface area contributed by atoms with E-state index in [2.05, 4.69) is 26.6 Å². The SMILES string of the molecule is OCCNCCNCc1cc(Br)ccc1OCc1c(F)cccc1Cl. The number of aliphatic hydroxyl groups is 1. The van der Waals surface area contributed by atoms with Gasteiger partial charge in [-0.3, -0.25) is 0 Å². The number of nitrogens with one attached hydrogen (secondary N) is 2. The fourth-order valence-corrected chi connectivity index (χ4v) is 2.88. The zero-order valence-corrected chi connectivity index (χ0v) is 16.0. The van der Waals surface area contributed by atoms with Crippen LogP contribution in [0.3, 0.4) is 0 Å². The van der Waals surface area contributed by atoms with Crippen molar-refractivity contribution in [1.29, 1.82) is 0 Å². The first-order chi connectivity index (χ1) is 12.1. The molecule has 0 saturated carbocycles. The number of hydrogen-bond acceptors (Lipinski definition) is 4. The number of halogens is 3. The van der Waals surface area contributed by atoms with Gasteiger partial charge in [-0.05, 0) is 30.3 Å². The van der Waals surface area contributed by atoms with E-state index >= 15 is 0 Å². The molecule has 0 fully saturated rings. The van der Waals surface area contributed by atoms with Gasteiger partial charge < -0.3 is 20.5 Å². The number of rotatable bonds is 10. The molecule has 136 valence electrons. The van der Waals surface area contributed by atoms with Crippen LogP contribution < -0.4 is 15.4 Å². The number of hydrogen-bond donors (Lipinski definition) is 3. The van der Waals surface area contributed by atoms with Crippen molar-refractivity contribution in [2.45, 2.75) is 13.2 Å². The fourth-order valence-electron chi connectivity index (χ4n) is 2.25. The van der Waals surface area contributed by atoms with Gasteiger partial charge in [0.05, 0.1) is 11.6 Å². The average molecular weight is 432 g/mol. The third kappa shape index (κ3) is 6.56. The van der Waals surface area contributed by atoms with Gasteiger partial charge in [-0.25, -0.2) is 4.39 Å². The molecule has 0 aromatic heterocycles. The molecular weight excluding hydrogens is 411 g/mol. The van der Waals surface area contributed by atoms with Crippen LogP contribution >= 0.6 is 27.5 Å². The molecule has 0 radical (unpaired) electrons. The van der Waals surface area contributed by atoms with E-state index in [0.717, 1.165) is 23.1 Å². The summed E-state index contributed by atoms with van der Waals surface area (Å²) in [4.78, 5) is 0. The van der Waals surface area contributed by atoms with Crippen molar-refractivity contribution in [2.75, 3.05) is 26.2 Å². The predicted molar refractivity (Wildman–Crippen MR) is 102 cm³/mol. The highest BCUT2D eigenvalue weighted by Crippen LogP contribution is 2.26. The Morgan fingerprint density at radius 1 is 1.12 bits per heavy atom. The Balaban J connectivity index is 1.96. The van der Waals surface area contributed by atoms with Gasteiger partial charge in [0, 0.05) is 41.8 Å². The van der Waals surface area contributed by atoms with E-state index in [4.69, 9.17) is 21.4 Å². The molecule has 2 aromatic carbocycles. The van der Waals surface area contributed by atoms with Crippen molar-refractivity contribution < 1.29 is 14.2 Å². The van der Waals surface area contributed by atoms with Crippen LogP contribution in [0.2, 0.25) is 5.02 Å². The maximum absolute atomic E-state index is 13.9. The maximum Gasteiger partial charge on any atom is 0.131 e. The standard InChI is InChI=1S/C18H21BrClFN2O2/c19-14-4-5-18(13(10-14)11-23-7-6-22-8-9-24)25-12-15-16(20)2-1-3-17(15)21/h1-5,10,22-24H,6-9,11-12H2. The van der Waals surface area contributed by atoms with Gasteiger partial charge in [0.2, 0.25) is 0 Å². The van der Waals surface area contributed by atoms with Crippen molar-refractivity contribution in [3.8, 4) is 5.75 Å². The van der Waals surface area contributed by atoms with Crippen LogP contribution in [0.15, 0.2) is 40.9 Å². The van der Waals surface area contributed by atoms with Crippen LogP contribution in [-0.2, 0) is 13.2 Å². The Hall–Kier alpha value is -1.18. The van der Waals surface area contributed by atoms with Gasteiger partial charge in [-0.1, -0.05) is 33.6 Å². The lowest BCUT2D eigenvalue weighted by molar-refractivity contribution is 0.292. The second kappa shape index (κ2) is 10.7. The third-order valence-corrected chi connectivity index (χ3v) is 4.39. The van der Waals surface area contributed by atoms with Crippen LogP contribution in [-0.4, -0.2) is 31.3 Å². The molecule has 0 spiro atoms. The second-order valence-electron chi connectivity index (χ2n) is 5.39. The summed E-state index contributed by atoms with van der Waals surface area (Å²) in [5.74, 6) is 0.303. The lowest BCUT2D eigenvalue weighted by Crippen LogP contribution is -2.28. The minimum atomic E-state index is -0.376. The third-order valence-electron chi connectivity index (χ3n) is 3.54. The van der Waals surface area contributed by atoms with E-state index in [9.17, 15) is 4.39 Å². The molecule has 0 amide bonds. The highest BCUT2D eigenvalue weighted by molar-refractivity contribution is 9.10. The summed E-state index contributed by atoms with van der Waals surface area (Å²) < 4.78 is 20.6. The van der Waals surface area contributed by atoms with Crippen molar-refractivity contribution >= 4 is 27.5 Å². The van der Waals surface area contributed by atoms with Crippen molar-refractivity contribution in [3.63, 3.8) is 0 Å². The monoisotopic (exact) mass is 430 g/mol. The molecular formula is C18H21BrClFN2O2. The largest absolute Gasteiger partial charge is 0.488 e. The molecule has 0 bridgehead atoms. The van der Waals surface area contributed by atoms with Gasteiger partial charge in [-0.15, -0.1) is 0 Å². The summed E-state index contributed by atoms with van der Waals surface area (Å²) >= 11 is 9.49. The first-order valence-electron chi connectivity index (χ1n) is 7.98. The highest BCUT2D eigenvalue weighted by Gasteiger charge is 2.10. The van der Waals surface area contributed by atoms with E-state index in [0.29, 0.717) is 29.4 Å². The quantitative estimate of drug-likeness (QED) is 0.504. The van der Waals surface area contributed by atoms with Gasteiger partial charge in [0.1, 0.15) is 18.2 Å². The zero-order valence-electron chi connectivity index (χ0n) is 13.7. The van der Waals surface area contributed by atoms with Crippen molar-refractivity contribution in [3.05, 3.63) is 62.8 Å². The van der Waals surface area contributed by atoms with E-state index in [1.807, 2.05) is 18.2 Å². The fraction of sp³-hybridized carbons (Fsp3) is 0.333. The van der Waals surface area contributed by atoms with Crippen molar-refractivity contribution in [2.24, 2.45) is 0 Å². The zero-order chi connectivity index (χ0) is 18.1. The summed E-state index contributed by atoms with van der Waals surface area (Å²) in [5, 5.41) is 15.5. The Morgan fingerprint density at radius 2 is 1.92 bits per heavy atom. The molecule has 0 aliphatic rings. The van der Waals surface area contributed by atoms with Crippen LogP contribution in [0.5, 0.6) is 5.75 Å². The van der Waals surface area contributed by atoms with Crippen LogP contribution in [0.25, 0.3) is 0 Å². The van der Waals surface area contributed by atoms with E-state index < -0.39 is 0 Å². The van der Waals surface area contributed by atoms with Crippen LogP contribution in [0.4, 0.5) is 4.39 Å². The molecule has 3 N–H and O–H groups in total. The Bertz CT molecular complexity index is 668. The summed E-state index contributed by atoms with van der Waals surface area (Å²) in [6.45, 7) is 2.90. The van der Waals surface area contributed by atoms with E-state index in [1.54, 1.807) is 12.1 Å². The first-order valence-corrected chi connectivity index (χ1v) is 9.15. The summed E-state index contributed by atoms with van der Waals surface area (Å²) in [6, 6.07) is 10.3. The molecule has 0 saturated heterocycles. The lowest BCUT2D eigenvalue weighted by Gasteiger charge is -2.14. The summed E-state index contributed by atoms with van der Waals surface area (Å²) in [7, 11) is 0. The lowest BCUT2D eigenvalue weighted by atomic mass is 10.2. The molecule has 0 unspecified atom stereocenters. The summed E-state index contributed by atoms with van der Waals surface area (Å²) in [5.41, 5.74) is 1.31. The van der Waals surface area contributed by atoms with Gasteiger partial charge in [-0.2, -0.15) is 0 Å². The summed E-state index contributed by atoms with van der Waals surface area (Å²) in [6.07, 6.45) is 0. The van der Waals surface area contributed by atoms with Gasteiger partial charge in [0.15, 0.2) is 0 Å². The topological polar surface area (TPSA) is 53.5 Å². The molecule has 2 aromatic rings.